The molecular formula is C19H21BrN2O4S. The van der Waals surface area contributed by atoms with Crippen molar-refractivity contribution in [3.8, 4) is 5.75 Å². The van der Waals surface area contributed by atoms with E-state index in [1.807, 2.05) is 6.07 Å². The van der Waals surface area contributed by atoms with Gasteiger partial charge in [-0.25, -0.2) is 8.42 Å². The second-order valence-electron chi connectivity index (χ2n) is 6.26. The van der Waals surface area contributed by atoms with Crippen LogP contribution in [0, 0.1) is 0 Å². The number of hydrogen-bond donors (Lipinski definition) is 1. The van der Waals surface area contributed by atoms with Crippen molar-refractivity contribution in [3.05, 3.63) is 52.5 Å². The highest BCUT2D eigenvalue weighted by atomic mass is 79.9. The van der Waals surface area contributed by atoms with Gasteiger partial charge >= 0.3 is 0 Å². The maximum atomic E-state index is 13.1. The summed E-state index contributed by atoms with van der Waals surface area (Å²) in [6.07, 6.45) is 2.73. The van der Waals surface area contributed by atoms with E-state index in [4.69, 9.17) is 4.74 Å². The number of halogens is 1. The average molecular weight is 453 g/mol. The number of anilines is 1. The van der Waals surface area contributed by atoms with E-state index in [0.717, 1.165) is 19.3 Å². The molecule has 1 N–H and O–H groups in total. The van der Waals surface area contributed by atoms with E-state index in [2.05, 4.69) is 21.2 Å². The first kappa shape index (κ1) is 19.9. The van der Waals surface area contributed by atoms with Gasteiger partial charge in [-0.05, 0) is 59.1 Å². The Morgan fingerprint density at radius 1 is 1.11 bits per heavy atom. The van der Waals surface area contributed by atoms with E-state index in [-0.39, 0.29) is 16.6 Å². The predicted octanol–water partition coefficient (Wildman–Crippen LogP) is 3.88. The van der Waals surface area contributed by atoms with Crippen molar-refractivity contribution in [3.63, 3.8) is 0 Å². The fraction of sp³-hybridized carbons (Fsp3) is 0.316. The number of nitrogens with zero attached hydrogens (tertiary/aromatic N) is 1. The highest BCUT2D eigenvalue weighted by Crippen LogP contribution is 2.31. The van der Waals surface area contributed by atoms with Gasteiger partial charge in [0.15, 0.2) is 0 Å². The number of amides is 1. The largest absolute Gasteiger partial charge is 0.495 e. The number of nitrogens with one attached hydrogen (secondary N) is 1. The lowest BCUT2D eigenvalue weighted by atomic mass is 10.2. The molecule has 1 fully saturated rings. The Morgan fingerprint density at radius 2 is 1.81 bits per heavy atom. The van der Waals surface area contributed by atoms with Crippen molar-refractivity contribution in [1.29, 1.82) is 0 Å². The van der Waals surface area contributed by atoms with Gasteiger partial charge < -0.3 is 10.1 Å². The zero-order valence-corrected chi connectivity index (χ0v) is 17.3. The van der Waals surface area contributed by atoms with Crippen LogP contribution in [0.4, 0.5) is 5.69 Å². The van der Waals surface area contributed by atoms with Gasteiger partial charge in [-0.2, -0.15) is 4.31 Å². The van der Waals surface area contributed by atoms with Crippen molar-refractivity contribution in [2.45, 2.75) is 24.2 Å². The minimum Gasteiger partial charge on any atom is -0.495 e. The van der Waals surface area contributed by atoms with Gasteiger partial charge in [-0.15, -0.1) is 0 Å². The molecule has 1 aliphatic rings. The van der Waals surface area contributed by atoms with Crippen LogP contribution in [0.2, 0.25) is 0 Å². The van der Waals surface area contributed by atoms with Crippen LogP contribution in [-0.2, 0) is 10.0 Å². The molecule has 0 aliphatic carbocycles. The van der Waals surface area contributed by atoms with Crippen LogP contribution in [0.15, 0.2) is 51.8 Å². The molecule has 0 aromatic heterocycles. The lowest BCUT2D eigenvalue weighted by molar-refractivity contribution is 0.102. The van der Waals surface area contributed by atoms with Gasteiger partial charge in [0.05, 0.1) is 12.7 Å². The zero-order chi connectivity index (χ0) is 19.4. The Labute approximate surface area is 167 Å². The van der Waals surface area contributed by atoms with Gasteiger partial charge in [0.2, 0.25) is 10.0 Å². The summed E-state index contributed by atoms with van der Waals surface area (Å²) in [5, 5.41) is 2.76. The first-order valence-electron chi connectivity index (χ1n) is 8.67. The molecule has 2 aromatic carbocycles. The molecule has 8 heteroatoms. The smallest absolute Gasteiger partial charge is 0.256 e. The van der Waals surface area contributed by atoms with E-state index in [9.17, 15) is 13.2 Å². The van der Waals surface area contributed by atoms with Crippen molar-refractivity contribution < 1.29 is 17.9 Å². The Hall–Kier alpha value is -1.90. The van der Waals surface area contributed by atoms with Crippen molar-refractivity contribution in [1.82, 2.24) is 4.31 Å². The molecule has 144 valence electrons. The lowest BCUT2D eigenvalue weighted by Gasteiger charge is -2.26. The number of carbonyl (C=O) groups is 1. The van der Waals surface area contributed by atoms with E-state index in [1.165, 1.54) is 17.5 Å². The summed E-state index contributed by atoms with van der Waals surface area (Å²) >= 11 is 3.35. The highest BCUT2D eigenvalue weighted by Gasteiger charge is 2.29. The number of sulfonamides is 1. The van der Waals surface area contributed by atoms with Crippen LogP contribution >= 0.6 is 15.9 Å². The third kappa shape index (κ3) is 4.34. The molecule has 0 spiro atoms. The lowest BCUT2D eigenvalue weighted by Crippen LogP contribution is -2.35. The molecule has 1 amide bonds. The van der Waals surface area contributed by atoms with Crippen LogP contribution in [0.25, 0.3) is 0 Å². The fourth-order valence-electron chi connectivity index (χ4n) is 3.04. The average Bonchev–Trinajstić information content (AvgIpc) is 2.69. The summed E-state index contributed by atoms with van der Waals surface area (Å²) in [7, 11) is -2.25. The number of benzene rings is 2. The Morgan fingerprint density at radius 3 is 2.48 bits per heavy atom. The van der Waals surface area contributed by atoms with Crippen molar-refractivity contribution >= 4 is 37.5 Å². The minimum atomic E-state index is -3.69. The number of ether oxygens (including phenoxy) is 1. The minimum absolute atomic E-state index is 0.0665. The molecule has 3 rings (SSSR count). The van der Waals surface area contributed by atoms with Gasteiger partial charge in [-0.1, -0.05) is 18.6 Å². The number of carbonyl (C=O) groups excluding carboxylic acids is 1. The quantitative estimate of drug-likeness (QED) is 0.746. The molecule has 6 nitrogen and oxygen atoms in total. The van der Waals surface area contributed by atoms with E-state index >= 15 is 0 Å². The Balaban J connectivity index is 1.92. The molecule has 0 radical (unpaired) electrons. The molecule has 0 saturated carbocycles. The molecular weight excluding hydrogens is 432 g/mol. The monoisotopic (exact) mass is 452 g/mol. The Kier molecular flexibility index (Phi) is 6.18. The van der Waals surface area contributed by atoms with Gasteiger partial charge in [0.25, 0.3) is 5.91 Å². The van der Waals surface area contributed by atoms with Gasteiger partial charge in [-0.3, -0.25) is 4.79 Å². The normalized spacial score (nSPS) is 15.3. The maximum Gasteiger partial charge on any atom is 0.256 e. The summed E-state index contributed by atoms with van der Waals surface area (Å²) in [4.78, 5) is 12.6. The van der Waals surface area contributed by atoms with Crippen molar-refractivity contribution in [2.24, 2.45) is 0 Å². The molecule has 27 heavy (non-hydrogen) atoms. The molecule has 0 unspecified atom stereocenters. The maximum absolute atomic E-state index is 13.1. The molecule has 0 bridgehead atoms. The summed E-state index contributed by atoms with van der Waals surface area (Å²) in [5.74, 6) is -0.0616. The topological polar surface area (TPSA) is 75.7 Å². The number of rotatable bonds is 5. The number of piperidine rings is 1. The SMILES string of the molecule is COc1ccc(NC(=O)c2ccccc2Br)cc1S(=O)(=O)N1CCCCC1. The molecule has 2 aromatic rings. The zero-order valence-electron chi connectivity index (χ0n) is 14.9. The highest BCUT2D eigenvalue weighted by molar-refractivity contribution is 9.10. The first-order valence-corrected chi connectivity index (χ1v) is 10.9. The van der Waals surface area contributed by atoms with Crippen LogP contribution < -0.4 is 10.1 Å². The second kappa shape index (κ2) is 8.41. The van der Waals surface area contributed by atoms with E-state index in [1.54, 1.807) is 30.3 Å². The van der Waals surface area contributed by atoms with Crippen LogP contribution in [0.1, 0.15) is 29.6 Å². The van der Waals surface area contributed by atoms with E-state index in [0.29, 0.717) is 28.8 Å². The van der Waals surface area contributed by atoms with E-state index < -0.39 is 10.0 Å². The summed E-state index contributed by atoms with van der Waals surface area (Å²) in [6.45, 7) is 0.998. The molecule has 1 saturated heterocycles. The molecule has 1 aliphatic heterocycles. The molecule has 1 heterocycles. The van der Waals surface area contributed by atoms with Crippen LogP contribution in [0.5, 0.6) is 5.75 Å². The van der Waals surface area contributed by atoms with Gasteiger partial charge in [0.1, 0.15) is 10.6 Å². The second-order valence-corrected chi connectivity index (χ2v) is 9.03. The summed E-state index contributed by atoms with van der Waals surface area (Å²) in [5.41, 5.74) is 0.862. The van der Waals surface area contributed by atoms with Gasteiger partial charge in [0, 0.05) is 23.2 Å². The summed E-state index contributed by atoms with van der Waals surface area (Å²) < 4.78 is 33.5. The summed E-state index contributed by atoms with van der Waals surface area (Å²) in [6, 6.07) is 11.7. The number of hydrogen-bond acceptors (Lipinski definition) is 4. The van der Waals surface area contributed by atoms with Crippen LogP contribution in [0.3, 0.4) is 0 Å². The van der Waals surface area contributed by atoms with Crippen LogP contribution in [-0.4, -0.2) is 38.8 Å². The third-order valence-electron chi connectivity index (χ3n) is 4.47. The van der Waals surface area contributed by atoms with Crippen molar-refractivity contribution in [2.75, 3.05) is 25.5 Å². The predicted molar refractivity (Wildman–Crippen MR) is 108 cm³/mol. The fourth-order valence-corrected chi connectivity index (χ4v) is 5.21. The standard InChI is InChI=1S/C19H21BrN2O4S/c1-26-17-10-9-14(21-19(23)15-7-3-4-8-16(15)20)13-18(17)27(24,25)22-11-5-2-6-12-22/h3-4,7-10,13H,2,5-6,11-12H2,1H3,(H,21,23). The number of methoxy groups -OCH3 is 1. The first-order chi connectivity index (χ1) is 12.9. The molecule has 0 atom stereocenters. The Bertz CT molecular complexity index is 940. The third-order valence-corrected chi connectivity index (χ3v) is 7.08.